The minimum Gasteiger partial charge on any atom is -0.361 e. The normalized spacial score (nSPS) is 10.4. The topological polar surface area (TPSA) is 84.2 Å². The first-order chi connectivity index (χ1) is 10.4. The van der Waals surface area contributed by atoms with Gasteiger partial charge in [-0.15, -0.1) is 0 Å². The molecule has 116 valence electrons. The van der Waals surface area contributed by atoms with Gasteiger partial charge in [0.2, 0.25) is 11.8 Å². The van der Waals surface area contributed by atoms with Crippen molar-refractivity contribution in [2.75, 3.05) is 10.6 Å². The number of nitrogens with zero attached hydrogens (tertiary/aromatic N) is 1. The van der Waals surface area contributed by atoms with E-state index in [1.54, 1.807) is 32.0 Å². The van der Waals surface area contributed by atoms with Crippen LogP contribution in [-0.4, -0.2) is 17.0 Å². The number of hydrogen-bond acceptors (Lipinski definition) is 4. The Balaban J connectivity index is 2.06. The van der Waals surface area contributed by atoms with Crippen molar-refractivity contribution in [1.82, 2.24) is 5.16 Å². The summed E-state index contributed by atoms with van der Waals surface area (Å²) >= 11 is 6.06. The Morgan fingerprint density at radius 1 is 1.27 bits per heavy atom. The highest BCUT2D eigenvalue weighted by Crippen LogP contribution is 2.25. The second kappa shape index (κ2) is 6.62. The Labute approximate surface area is 132 Å². The third-order valence-electron chi connectivity index (χ3n) is 3.08. The van der Waals surface area contributed by atoms with Gasteiger partial charge in [-0.2, -0.15) is 0 Å². The summed E-state index contributed by atoms with van der Waals surface area (Å²) < 4.78 is 5.03. The van der Waals surface area contributed by atoms with Crippen LogP contribution in [0.1, 0.15) is 23.9 Å². The van der Waals surface area contributed by atoms with Crippen molar-refractivity contribution in [2.24, 2.45) is 0 Å². The molecule has 2 aromatic rings. The van der Waals surface area contributed by atoms with Crippen LogP contribution >= 0.6 is 11.6 Å². The molecule has 0 spiro atoms. The monoisotopic (exact) mass is 321 g/mol. The smallest absolute Gasteiger partial charge is 0.229 e. The fourth-order valence-corrected chi connectivity index (χ4v) is 2.23. The number of benzene rings is 1. The summed E-state index contributed by atoms with van der Waals surface area (Å²) in [5.74, 6) is 0.224. The standard InChI is InChI=1S/C15H16ClN3O3/c1-8-12(9(2)22-19-8)7-15(21)18-11-4-5-14(13(16)6-11)17-10(3)20/h4-6H,7H2,1-3H3,(H,17,20)(H,18,21). The van der Waals surface area contributed by atoms with E-state index in [2.05, 4.69) is 15.8 Å². The first-order valence-corrected chi connectivity index (χ1v) is 7.03. The molecular weight excluding hydrogens is 306 g/mol. The van der Waals surface area contributed by atoms with Crippen LogP contribution in [0.4, 0.5) is 11.4 Å². The van der Waals surface area contributed by atoms with E-state index in [0.29, 0.717) is 27.9 Å². The van der Waals surface area contributed by atoms with Crippen LogP contribution in [0.2, 0.25) is 5.02 Å². The summed E-state index contributed by atoms with van der Waals surface area (Å²) in [6, 6.07) is 4.88. The quantitative estimate of drug-likeness (QED) is 0.906. The van der Waals surface area contributed by atoms with Crippen LogP contribution in [-0.2, 0) is 16.0 Å². The van der Waals surface area contributed by atoms with Gasteiger partial charge < -0.3 is 15.2 Å². The molecule has 0 atom stereocenters. The average molecular weight is 322 g/mol. The zero-order valence-corrected chi connectivity index (χ0v) is 13.2. The molecule has 0 saturated heterocycles. The molecule has 0 aliphatic rings. The lowest BCUT2D eigenvalue weighted by Gasteiger charge is -2.09. The summed E-state index contributed by atoms with van der Waals surface area (Å²) in [6.07, 6.45) is 0.173. The van der Waals surface area contributed by atoms with Crippen molar-refractivity contribution in [1.29, 1.82) is 0 Å². The number of carbonyl (C=O) groups is 2. The van der Waals surface area contributed by atoms with Gasteiger partial charge in [0, 0.05) is 18.2 Å². The lowest BCUT2D eigenvalue weighted by atomic mass is 10.1. The summed E-state index contributed by atoms with van der Waals surface area (Å²) in [5, 5.41) is 9.52. The molecule has 22 heavy (non-hydrogen) atoms. The molecule has 2 N–H and O–H groups in total. The maximum Gasteiger partial charge on any atom is 0.229 e. The molecule has 0 bridgehead atoms. The number of rotatable bonds is 4. The lowest BCUT2D eigenvalue weighted by Crippen LogP contribution is -2.15. The van der Waals surface area contributed by atoms with Gasteiger partial charge in [-0.1, -0.05) is 16.8 Å². The van der Waals surface area contributed by atoms with Crippen LogP contribution in [0.15, 0.2) is 22.7 Å². The largest absolute Gasteiger partial charge is 0.361 e. The number of aromatic nitrogens is 1. The molecule has 0 fully saturated rings. The maximum absolute atomic E-state index is 12.1. The van der Waals surface area contributed by atoms with Crippen LogP contribution in [0.5, 0.6) is 0 Å². The van der Waals surface area contributed by atoms with Gasteiger partial charge in [-0.25, -0.2) is 0 Å². The van der Waals surface area contributed by atoms with E-state index in [1.807, 2.05) is 0 Å². The number of halogens is 1. The van der Waals surface area contributed by atoms with E-state index in [-0.39, 0.29) is 18.2 Å². The molecular formula is C15H16ClN3O3. The minimum atomic E-state index is -0.211. The molecule has 0 aliphatic carbocycles. The second-order valence-corrected chi connectivity index (χ2v) is 5.31. The third-order valence-corrected chi connectivity index (χ3v) is 3.39. The summed E-state index contributed by atoms with van der Waals surface area (Å²) in [5.41, 5.74) is 2.53. The first-order valence-electron chi connectivity index (χ1n) is 6.65. The Bertz CT molecular complexity index is 705. The highest BCUT2D eigenvalue weighted by molar-refractivity contribution is 6.34. The molecule has 1 aromatic heterocycles. The fraction of sp³-hybridized carbons (Fsp3) is 0.267. The minimum absolute atomic E-state index is 0.173. The van der Waals surface area contributed by atoms with Gasteiger partial charge in [-0.3, -0.25) is 9.59 Å². The van der Waals surface area contributed by atoms with Gasteiger partial charge in [0.25, 0.3) is 0 Å². The zero-order valence-electron chi connectivity index (χ0n) is 12.5. The van der Waals surface area contributed by atoms with Gasteiger partial charge >= 0.3 is 0 Å². The predicted molar refractivity (Wildman–Crippen MR) is 84.1 cm³/mol. The molecule has 0 unspecified atom stereocenters. The Morgan fingerprint density at radius 3 is 2.55 bits per heavy atom. The van der Waals surface area contributed by atoms with E-state index in [9.17, 15) is 9.59 Å². The van der Waals surface area contributed by atoms with Crippen LogP contribution in [0.25, 0.3) is 0 Å². The van der Waals surface area contributed by atoms with Crippen LogP contribution in [0, 0.1) is 13.8 Å². The summed E-state index contributed by atoms with van der Waals surface area (Å²) in [6.45, 7) is 4.95. The van der Waals surface area contributed by atoms with E-state index >= 15 is 0 Å². The van der Waals surface area contributed by atoms with Crippen molar-refractivity contribution in [3.8, 4) is 0 Å². The average Bonchev–Trinajstić information content (AvgIpc) is 2.73. The van der Waals surface area contributed by atoms with E-state index in [0.717, 1.165) is 5.56 Å². The number of carbonyl (C=O) groups excluding carboxylic acids is 2. The maximum atomic E-state index is 12.1. The number of anilines is 2. The molecule has 0 radical (unpaired) electrons. The Hall–Kier alpha value is -2.34. The number of nitrogens with one attached hydrogen (secondary N) is 2. The highest BCUT2D eigenvalue weighted by Gasteiger charge is 2.14. The summed E-state index contributed by atoms with van der Waals surface area (Å²) in [4.78, 5) is 23.1. The second-order valence-electron chi connectivity index (χ2n) is 4.90. The van der Waals surface area contributed by atoms with Crippen molar-refractivity contribution in [3.05, 3.63) is 40.2 Å². The molecule has 1 aromatic carbocycles. The summed E-state index contributed by atoms with van der Waals surface area (Å²) in [7, 11) is 0. The van der Waals surface area contributed by atoms with Gasteiger partial charge in [0.1, 0.15) is 5.76 Å². The Morgan fingerprint density at radius 2 is 2.00 bits per heavy atom. The molecule has 0 saturated carbocycles. The van der Waals surface area contributed by atoms with Crippen LogP contribution < -0.4 is 10.6 Å². The molecule has 6 nitrogen and oxygen atoms in total. The molecule has 0 aliphatic heterocycles. The molecule has 2 rings (SSSR count). The third kappa shape index (κ3) is 3.85. The highest BCUT2D eigenvalue weighted by atomic mass is 35.5. The van der Waals surface area contributed by atoms with Gasteiger partial charge in [0.05, 0.1) is 22.8 Å². The molecule has 7 heteroatoms. The number of hydrogen-bond donors (Lipinski definition) is 2. The first kappa shape index (κ1) is 16.0. The molecule has 1 heterocycles. The van der Waals surface area contributed by atoms with Gasteiger partial charge in [0.15, 0.2) is 0 Å². The molecule has 2 amide bonds. The van der Waals surface area contributed by atoms with Crippen LogP contribution in [0.3, 0.4) is 0 Å². The van der Waals surface area contributed by atoms with Crippen molar-refractivity contribution < 1.29 is 14.1 Å². The SMILES string of the molecule is CC(=O)Nc1ccc(NC(=O)Cc2c(C)noc2C)cc1Cl. The fourth-order valence-electron chi connectivity index (χ4n) is 2.00. The van der Waals surface area contributed by atoms with Crippen molar-refractivity contribution in [2.45, 2.75) is 27.2 Å². The van der Waals surface area contributed by atoms with E-state index in [1.165, 1.54) is 6.92 Å². The van der Waals surface area contributed by atoms with Crippen molar-refractivity contribution >= 4 is 34.8 Å². The predicted octanol–water partition coefficient (Wildman–Crippen LogP) is 3.08. The lowest BCUT2D eigenvalue weighted by molar-refractivity contribution is -0.116. The Kier molecular flexibility index (Phi) is 4.82. The number of aryl methyl sites for hydroxylation is 2. The van der Waals surface area contributed by atoms with E-state index < -0.39 is 0 Å². The van der Waals surface area contributed by atoms with Crippen molar-refractivity contribution in [3.63, 3.8) is 0 Å². The van der Waals surface area contributed by atoms with E-state index in [4.69, 9.17) is 16.1 Å². The van der Waals surface area contributed by atoms with Gasteiger partial charge in [-0.05, 0) is 32.0 Å². The number of amides is 2. The zero-order chi connectivity index (χ0) is 16.3.